The summed E-state index contributed by atoms with van der Waals surface area (Å²) in [5.41, 5.74) is 2.52. The number of aryl methyl sites for hydroxylation is 2. The van der Waals surface area contributed by atoms with Gasteiger partial charge in [0.05, 0.1) is 10.6 Å². The summed E-state index contributed by atoms with van der Waals surface area (Å²) in [6.07, 6.45) is 0. The number of carbonyl (C=O) groups excluding carboxylic acids is 1. The zero-order chi connectivity index (χ0) is 21.7. The summed E-state index contributed by atoms with van der Waals surface area (Å²) in [5, 5.41) is 2.84. The van der Waals surface area contributed by atoms with E-state index < -0.39 is 10.0 Å². The van der Waals surface area contributed by atoms with Crippen LogP contribution in [0.25, 0.3) is 0 Å². The fraction of sp³-hybridized carbons (Fsp3) is 0.409. The molecule has 0 heterocycles. The van der Waals surface area contributed by atoms with Gasteiger partial charge in [0.15, 0.2) is 0 Å². The fourth-order valence-corrected chi connectivity index (χ4v) is 4.90. The van der Waals surface area contributed by atoms with Gasteiger partial charge in [0, 0.05) is 17.0 Å². The highest BCUT2D eigenvalue weighted by Crippen LogP contribution is 2.26. The molecule has 5 nitrogen and oxygen atoms in total. The molecule has 158 valence electrons. The molecule has 0 bridgehead atoms. The Balaban J connectivity index is 2.24. The van der Waals surface area contributed by atoms with Gasteiger partial charge in [0.1, 0.15) is 6.54 Å². The second-order valence-corrected chi connectivity index (χ2v) is 11.7. The highest BCUT2D eigenvalue weighted by Gasteiger charge is 2.27. The summed E-state index contributed by atoms with van der Waals surface area (Å²) in [7, 11) is -3.87. The average Bonchev–Trinajstić information content (AvgIpc) is 2.65. The summed E-state index contributed by atoms with van der Waals surface area (Å²) >= 11 is 1.75. The summed E-state index contributed by atoms with van der Waals surface area (Å²) in [4.78, 5) is 12.7. The monoisotopic (exact) mass is 434 g/mol. The first-order chi connectivity index (χ1) is 13.5. The van der Waals surface area contributed by atoms with E-state index in [2.05, 4.69) is 26.1 Å². The lowest BCUT2D eigenvalue weighted by atomic mass is 10.1. The van der Waals surface area contributed by atoms with Crippen molar-refractivity contribution in [3.8, 4) is 0 Å². The molecule has 1 N–H and O–H groups in total. The standard InChI is InChI=1S/C22H30N2O3S2/c1-17-11-12-19(15-18(17)2)24(29(26,27)20-9-7-6-8-10-20)16-21(25)23-13-14-28-22(3,4)5/h6-12,15H,13-14,16H2,1-5H3,(H,23,25). The number of nitrogens with zero attached hydrogens (tertiary/aromatic N) is 1. The maximum Gasteiger partial charge on any atom is 0.264 e. The number of rotatable bonds is 8. The van der Waals surface area contributed by atoms with Crippen LogP contribution >= 0.6 is 11.8 Å². The summed E-state index contributed by atoms with van der Waals surface area (Å²) in [6, 6.07) is 13.6. The number of anilines is 1. The Morgan fingerprint density at radius 1 is 1.03 bits per heavy atom. The molecule has 0 saturated heterocycles. The van der Waals surface area contributed by atoms with Gasteiger partial charge >= 0.3 is 0 Å². The molecule has 0 aliphatic rings. The van der Waals surface area contributed by atoms with Crippen LogP contribution in [-0.4, -0.2) is 37.9 Å². The molecule has 2 rings (SSSR count). The molecule has 0 aliphatic heterocycles. The topological polar surface area (TPSA) is 66.5 Å². The Hall–Kier alpha value is -1.99. The number of hydrogen-bond acceptors (Lipinski definition) is 4. The smallest absolute Gasteiger partial charge is 0.264 e. The highest BCUT2D eigenvalue weighted by atomic mass is 32.2. The van der Waals surface area contributed by atoms with Gasteiger partial charge in [0.25, 0.3) is 10.0 Å². The van der Waals surface area contributed by atoms with Crippen molar-refractivity contribution in [1.29, 1.82) is 0 Å². The Kier molecular flexibility index (Phi) is 7.77. The number of sulfonamides is 1. The Bertz CT molecular complexity index is 936. The molecule has 0 spiro atoms. The molecule has 2 aromatic rings. The Morgan fingerprint density at radius 3 is 2.28 bits per heavy atom. The van der Waals surface area contributed by atoms with Crippen molar-refractivity contribution >= 4 is 33.4 Å². The van der Waals surface area contributed by atoms with E-state index in [1.807, 2.05) is 19.9 Å². The molecule has 0 aromatic heterocycles. The second-order valence-electron chi connectivity index (χ2n) is 7.90. The number of thioether (sulfide) groups is 1. The van der Waals surface area contributed by atoms with Crippen molar-refractivity contribution in [1.82, 2.24) is 5.32 Å². The van der Waals surface area contributed by atoms with Crippen LogP contribution in [0.5, 0.6) is 0 Å². The van der Waals surface area contributed by atoms with Crippen LogP contribution in [0.3, 0.4) is 0 Å². The predicted molar refractivity (Wildman–Crippen MR) is 122 cm³/mol. The first-order valence-corrected chi connectivity index (χ1v) is 12.0. The number of amides is 1. The molecular formula is C22H30N2O3S2. The van der Waals surface area contributed by atoms with E-state index in [1.54, 1.807) is 54.2 Å². The van der Waals surface area contributed by atoms with Crippen LogP contribution in [0.4, 0.5) is 5.69 Å². The summed E-state index contributed by atoms with van der Waals surface area (Å²) in [6.45, 7) is 10.5. The first kappa shape index (κ1) is 23.3. The number of benzene rings is 2. The third-order valence-electron chi connectivity index (χ3n) is 4.36. The van der Waals surface area contributed by atoms with Crippen LogP contribution in [-0.2, 0) is 14.8 Å². The minimum absolute atomic E-state index is 0.118. The molecule has 0 aliphatic carbocycles. The molecular weight excluding hydrogens is 404 g/mol. The first-order valence-electron chi connectivity index (χ1n) is 9.56. The zero-order valence-corrected chi connectivity index (χ0v) is 19.4. The largest absolute Gasteiger partial charge is 0.354 e. The lowest BCUT2D eigenvalue weighted by Crippen LogP contribution is -2.41. The van der Waals surface area contributed by atoms with E-state index in [0.29, 0.717) is 12.2 Å². The summed E-state index contributed by atoms with van der Waals surface area (Å²) < 4.78 is 27.8. The van der Waals surface area contributed by atoms with E-state index in [9.17, 15) is 13.2 Å². The van der Waals surface area contributed by atoms with Crippen molar-refractivity contribution in [3.63, 3.8) is 0 Å². The van der Waals surface area contributed by atoms with Crippen LogP contribution < -0.4 is 9.62 Å². The SMILES string of the molecule is Cc1ccc(N(CC(=O)NCCSC(C)(C)C)S(=O)(=O)c2ccccc2)cc1C. The molecule has 29 heavy (non-hydrogen) atoms. The Labute approximate surface area is 178 Å². The van der Waals surface area contributed by atoms with E-state index >= 15 is 0 Å². The Morgan fingerprint density at radius 2 is 1.69 bits per heavy atom. The maximum absolute atomic E-state index is 13.3. The van der Waals surface area contributed by atoms with E-state index in [0.717, 1.165) is 16.9 Å². The van der Waals surface area contributed by atoms with Gasteiger partial charge in [-0.3, -0.25) is 9.10 Å². The van der Waals surface area contributed by atoms with Gasteiger partial charge < -0.3 is 5.32 Å². The summed E-state index contributed by atoms with van der Waals surface area (Å²) in [5.74, 6) is 0.446. The molecule has 0 atom stereocenters. The fourth-order valence-electron chi connectivity index (χ4n) is 2.65. The third kappa shape index (κ3) is 6.78. The molecule has 0 unspecified atom stereocenters. The van der Waals surface area contributed by atoms with Crippen molar-refractivity contribution in [2.75, 3.05) is 23.1 Å². The van der Waals surface area contributed by atoms with Gasteiger partial charge in [-0.2, -0.15) is 11.8 Å². The number of carbonyl (C=O) groups is 1. The second kappa shape index (κ2) is 9.67. The van der Waals surface area contributed by atoms with E-state index in [-0.39, 0.29) is 22.1 Å². The maximum atomic E-state index is 13.3. The van der Waals surface area contributed by atoms with Crippen molar-refractivity contribution < 1.29 is 13.2 Å². The van der Waals surface area contributed by atoms with Gasteiger partial charge in [-0.1, -0.05) is 45.0 Å². The zero-order valence-electron chi connectivity index (χ0n) is 17.7. The van der Waals surface area contributed by atoms with Gasteiger partial charge in [-0.25, -0.2) is 8.42 Å². The third-order valence-corrected chi connectivity index (χ3v) is 7.42. The lowest BCUT2D eigenvalue weighted by Gasteiger charge is -2.25. The van der Waals surface area contributed by atoms with Crippen molar-refractivity contribution in [2.45, 2.75) is 44.3 Å². The molecule has 0 fully saturated rings. The lowest BCUT2D eigenvalue weighted by molar-refractivity contribution is -0.119. The van der Waals surface area contributed by atoms with Gasteiger partial charge in [-0.15, -0.1) is 0 Å². The molecule has 7 heteroatoms. The van der Waals surface area contributed by atoms with Gasteiger partial charge in [0.2, 0.25) is 5.91 Å². The van der Waals surface area contributed by atoms with E-state index in [4.69, 9.17) is 0 Å². The van der Waals surface area contributed by atoms with Crippen LogP contribution in [0.1, 0.15) is 31.9 Å². The van der Waals surface area contributed by atoms with Crippen LogP contribution in [0.2, 0.25) is 0 Å². The minimum Gasteiger partial charge on any atom is -0.354 e. The van der Waals surface area contributed by atoms with Crippen LogP contribution in [0, 0.1) is 13.8 Å². The highest BCUT2D eigenvalue weighted by molar-refractivity contribution is 8.00. The normalized spacial score (nSPS) is 11.9. The quantitative estimate of drug-likeness (QED) is 0.634. The van der Waals surface area contributed by atoms with E-state index in [1.165, 1.54) is 4.31 Å². The molecule has 0 saturated carbocycles. The van der Waals surface area contributed by atoms with Crippen molar-refractivity contribution in [3.05, 3.63) is 59.7 Å². The average molecular weight is 435 g/mol. The predicted octanol–water partition coefficient (Wildman–Crippen LogP) is 4.15. The minimum atomic E-state index is -3.87. The van der Waals surface area contributed by atoms with Gasteiger partial charge in [-0.05, 0) is 49.2 Å². The molecule has 1 amide bonds. The molecule has 0 radical (unpaired) electrons. The van der Waals surface area contributed by atoms with Crippen molar-refractivity contribution in [2.24, 2.45) is 0 Å². The number of hydrogen-bond donors (Lipinski definition) is 1. The number of nitrogens with one attached hydrogen (secondary N) is 1. The van der Waals surface area contributed by atoms with Crippen LogP contribution in [0.15, 0.2) is 53.4 Å². The molecule has 2 aromatic carbocycles.